The number of aromatic nitrogens is 2. The van der Waals surface area contributed by atoms with Crippen molar-refractivity contribution in [3.63, 3.8) is 0 Å². The summed E-state index contributed by atoms with van der Waals surface area (Å²) in [5.74, 6) is 0.793. The van der Waals surface area contributed by atoms with Crippen LogP contribution in [0.15, 0.2) is 12.4 Å². The van der Waals surface area contributed by atoms with Crippen LogP contribution in [0.3, 0.4) is 0 Å². The Labute approximate surface area is 116 Å². The van der Waals surface area contributed by atoms with Gasteiger partial charge in [-0.05, 0) is 52.2 Å². The van der Waals surface area contributed by atoms with E-state index in [0.29, 0.717) is 6.04 Å². The van der Waals surface area contributed by atoms with Crippen LogP contribution in [0, 0.1) is 12.8 Å². The third kappa shape index (κ3) is 4.25. The quantitative estimate of drug-likeness (QED) is 0.881. The summed E-state index contributed by atoms with van der Waals surface area (Å²) in [6.07, 6.45) is 6.32. The molecule has 1 saturated heterocycles. The van der Waals surface area contributed by atoms with Gasteiger partial charge in [0.05, 0.1) is 11.4 Å². The molecule has 4 nitrogen and oxygen atoms in total. The van der Waals surface area contributed by atoms with Crippen LogP contribution >= 0.6 is 0 Å². The lowest BCUT2D eigenvalue weighted by atomic mass is 9.90. The fraction of sp³-hybridized carbons (Fsp3) is 0.733. The molecule has 0 aromatic carbocycles. The van der Waals surface area contributed by atoms with E-state index in [9.17, 15) is 0 Å². The molecule has 1 aliphatic heterocycles. The van der Waals surface area contributed by atoms with Crippen LogP contribution in [-0.2, 0) is 6.54 Å². The monoisotopic (exact) mass is 262 g/mol. The topological polar surface area (TPSA) is 41.0 Å². The normalized spacial score (nSPS) is 19.5. The minimum Gasteiger partial charge on any atom is -0.308 e. The molecule has 1 aliphatic rings. The molecule has 2 heterocycles. The Hall–Kier alpha value is -1.00. The number of hydrogen-bond acceptors (Lipinski definition) is 4. The highest BCUT2D eigenvalue weighted by Crippen LogP contribution is 2.20. The SMILES string of the molecule is CCN1CCC(C(C)NCc2cnc(C)cn2)CC1. The van der Waals surface area contributed by atoms with Gasteiger partial charge in [-0.3, -0.25) is 9.97 Å². The van der Waals surface area contributed by atoms with Crippen molar-refractivity contribution in [3.8, 4) is 0 Å². The Morgan fingerprint density at radius 1 is 1.32 bits per heavy atom. The Bertz CT molecular complexity index is 368. The van der Waals surface area contributed by atoms with Gasteiger partial charge in [0.25, 0.3) is 0 Å². The second-order valence-electron chi connectivity index (χ2n) is 5.59. The molecular weight excluding hydrogens is 236 g/mol. The zero-order valence-electron chi connectivity index (χ0n) is 12.4. The van der Waals surface area contributed by atoms with E-state index in [4.69, 9.17) is 0 Å². The molecule has 106 valence electrons. The highest BCUT2D eigenvalue weighted by Gasteiger charge is 2.22. The van der Waals surface area contributed by atoms with E-state index in [2.05, 4.69) is 34.0 Å². The zero-order chi connectivity index (χ0) is 13.7. The minimum absolute atomic E-state index is 0.558. The fourth-order valence-electron chi connectivity index (χ4n) is 2.71. The Balaban J connectivity index is 1.75. The van der Waals surface area contributed by atoms with Crippen molar-refractivity contribution in [1.29, 1.82) is 0 Å². The van der Waals surface area contributed by atoms with Crippen LogP contribution in [0.4, 0.5) is 0 Å². The summed E-state index contributed by atoms with van der Waals surface area (Å²) in [7, 11) is 0. The lowest BCUT2D eigenvalue weighted by molar-refractivity contribution is 0.168. The van der Waals surface area contributed by atoms with E-state index < -0.39 is 0 Å². The maximum absolute atomic E-state index is 4.39. The molecule has 1 N–H and O–H groups in total. The first-order chi connectivity index (χ1) is 9.19. The van der Waals surface area contributed by atoms with Crippen LogP contribution in [0.2, 0.25) is 0 Å². The number of nitrogens with one attached hydrogen (secondary N) is 1. The van der Waals surface area contributed by atoms with Crippen LogP contribution in [0.5, 0.6) is 0 Å². The molecule has 19 heavy (non-hydrogen) atoms. The van der Waals surface area contributed by atoms with Crippen molar-refractivity contribution in [2.75, 3.05) is 19.6 Å². The molecular formula is C15H26N4. The van der Waals surface area contributed by atoms with Gasteiger partial charge in [0.15, 0.2) is 0 Å². The molecule has 0 bridgehead atoms. The third-order valence-electron chi connectivity index (χ3n) is 4.23. The summed E-state index contributed by atoms with van der Waals surface area (Å²) in [5.41, 5.74) is 2.01. The number of piperidine rings is 1. The molecule has 1 fully saturated rings. The second-order valence-corrected chi connectivity index (χ2v) is 5.59. The highest BCUT2D eigenvalue weighted by atomic mass is 15.1. The van der Waals surface area contributed by atoms with Crippen molar-refractivity contribution >= 4 is 0 Å². The molecule has 0 spiro atoms. The standard InChI is InChI=1S/C15H26N4/c1-4-19-7-5-14(6-8-19)13(3)17-11-15-10-16-12(2)9-18-15/h9-10,13-14,17H,4-8,11H2,1-3H3. The molecule has 0 amide bonds. The van der Waals surface area contributed by atoms with E-state index in [1.807, 2.05) is 19.3 Å². The first-order valence-electron chi connectivity index (χ1n) is 7.42. The van der Waals surface area contributed by atoms with E-state index >= 15 is 0 Å². The van der Waals surface area contributed by atoms with Gasteiger partial charge >= 0.3 is 0 Å². The highest BCUT2D eigenvalue weighted by molar-refractivity contribution is 5.00. The molecule has 0 saturated carbocycles. The lowest BCUT2D eigenvalue weighted by Gasteiger charge is -2.34. The van der Waals surface area contributed by atoms with Crippen molar-refractivity contribution in [1.82, 2.24) is 20.2 Å². The summed E-state index contributed by atoms with van der Waals surface area (Å²) in [6, 6.07) is 0.558. The molecule has 1 aromatic heterocycles. The first kappa shape index (κ1) is 14.4. The average Bonchev–Trinajstić information content (AvgIpc) is 2.46. The van der Waals surface area contributed by atoms with E-state index in [0.717, 1.165) is 23.9 Å². The van der Waals surface area contributed by atoms with Crippen LogP contribution in [-0.4, -0.2) is 40.5 Å². The van der Waals surface area contributed by atoms with Gasteiger partial charge in [0.1, 0.15) is 0 Å². The summed E-state index contributed by atoms with van der Waals surface area (Å²) < 4.78 is 0. The van der Waals surface area contributed by atoms with Crippen LogP contribution in [0.1, 0.15) is 38.1 Å². The number of rotatable bonds is 5. The summed E-state index contributed by atoms with van der Waals surface area (Å²) >= 11 is 0. The Kier molecular flexibility index (Phi) is 5.28. The van der Waals surface area contributed by atoms with Gasteiger partial charge in [-0.1, -0.05) is 6.92 Å². The van der Waals surface area contributed by atoms with E-state index in [1.54, 1.807) is 0 Å². The van der Waals surface area contributed by atoms with Crippen LogP contribution < -0.4 is 5.32 Å². The molecule has 1 atom stereocenters. The number of hydrogen-bond donors (Lipinski definition) is 1. The van der Waals surface area contributed by atoms with Crippen LogP contribution in [0.25, 0.3) is 0 Å². The second kappa shape index (κ2) is 6.96. The van der Waals surface area contributed by atoms with Gasteiger partial charge in [0.2, 0.25) is 0 Å². The van der Waals surface area contributed by atoms with Gasteiger partial charge in [-0.15, -0.1) is 0 Å². The maximum Gasteiger partial charge on any atom is 0.0724 e. The minimum atomic E-state index is 0.558. The predicted octanol–water partition coefficient (Wildman–Crippen LogP) is 2.00. The Morgan fingerprint density at radius 2 is 2.05 bits per heavy atom. The van der Waals surface area contributed by atoms with Crippen molar-refractivity contribution in [2.45, 2.75) is 46.2 Å². The van der Waals surface area contributed by atoms with Crippen molar-refractivity contribution in [3.05, 3.63) is 23.8 Å². The molecule has 0 aliphatic carbocycles. The van der Waals surface area contributed by atoms with Gasteiger partial charge < -0.3 is 10.2 Å². The smallest absolute Gasteiger partial charge is 0.0724 e. The largest absolute Gasteiger partial charge is 0.308 e. The van der Waals surface area contributed by atoms with E-state index in [-0.39, 0.29) is 0 Å². The summed E-state index contributed by atoms with van der Waals surface area (Å²) in [4.78, 5) is 11.2. The molecule has 2 rings (SSSR count). The van der Waals surface area contributed by atoms with Gasteiger partial charge in [0, 0.05) is 25.0 Å². The predicted molar refractivity (Wildman–Crippen MR) is 77.9 cm³/mol. The first-order valence-corrected chi connectivity index (χ1v) is 7.42. The summed E-state index contributed by atoms with van der Waals surface area (Å²) in [5, 5.41) is 3.60. The molecule has 0 radical (unpaired) electrons. The maximum atomic E-state index is 4.39. The van der Waals surface area contributed by atoms with Gasteiger partial charge in [-0.25, -0.2) is 0 Å². The molecule has 1 aromatic rings. The van der Waals surface area contributed by atoms with Crippen molar-refractivity contribution < 1.29 is 0 Å². The Morgan fingerprint density at radius 3 is 2.63 bits per heavy atom. The molecule has 1 unspecified atom stereocenters. The zero-order valence-corrected chi connectivity index (χ0v) is 12.4. The van der Waals surface area contributed by atoms with Gasteiger partial charge in [-0.2, -0.15) is 0 Å². The molecule has 4 heteroatoms. The summed E-state index contributed by atoms with van der Waals surface area (Å²) in [6.45, 7) is 11.0. The average molecular weight is 262 g/mol. The van der Waals surface area contributed by atoms with Crippen molar-refractivity contribution in [2.24, 2.45) is 5.92 Å². The number of nitrogens with zero attached hydrogens (tertiary/aromatic N) is 3. The fourth-order valence-corrected chi connectivity index (χ4v) is 2.71. The lowest BCUT2D eigenvalue weighted by Crippen LogP contribution is -2.41. The van der Waals surface area contributed by atoms with E-state index in [1.165, 1.54) is 32.5 Å². The third-order valence-corrected chi connectivity index (χ3v) is 4.23. The number of likely N-dealkylation sites (tertiary alicyclic amines) is 1. The number of aryl methyl sites for hydroxylation is 1.